The number of guanidine groups is 1. The number of nitrogens with one attached hydrogen (secondary N) is 2. The molecule has 5 nitrogen and oxygen atoms in total. The van der Waals surface area contributed by atoms with Crippen LogP contribution in [0.3, 0.4) is 0 Å². The SMILES string of the molecule is CCNC(=NCCCOCC1CCCO1)NC1CCCC1. The Balaban J connectivity index is 1.55. The zero-order valence-electron chi connectivity index (χ0n) is 13.4. The maximum absolute atomic E-state index is 5.66. The highest BCUT2D eigenvalue weighted by atomic mass is 16.5. The second-order valence-electron chi connectivity index (χ2n) is 5.95. The lowest BCUT2D eigenvalue weighted by Crippen LogP contribution is -2.42. The van der Waals surface area contributed by atoms with Crippen LogP contribution >= 0.6 is 0 Å². The largest absolute Gasteiger partial charge is 0.379 e. The predicted octanol–water partition coefficient (Wildman–Crippen LogP) is 2.07. The molecule has 1 atom stereocenters. The van der Waals surface area contributed by atoms with Gasteiger partial charge >= 0.3 is 0 Å². The normalized spacial score (nSPS) is 23.7. The van der Waals surface area contributed by atoms with Gasteiger partial charge in [0.1, 0.15) is 0 Å². The van der Waals surface area contributed by atoms with E-state index in [9.17, 15) is 0 Å². The van der Waals surface area contributed by atoms with Crippen LogP contribution in [0.5, 0.6) is 0 Å². The van der Waals surface area contributed by atoms with Gasteiger partial charge in [0.25, 0.3) is 0 Å². The third-order valence-corrected chi connectivity index (χ3v) is 4.08. The second kappa shape index (κ2) is 10.0. The van der Waals surface area contributed by atoms with Gasteiger partial charge in [-0.1, -0.05) is 12.8 Å². The number of hydrogen-bond donors (Lipinski definition) is 2. The Labute approximate surface area is 128 Å². The molecule has 2 N–H and O–H groups in total. The van der Waals surface area contributed by atoms with Gasteiger partial charge in [-0.3, -0.25) is 4.99 Å². The molecule has 5 heteroatoms. The number of rotatable bonds is 8. The average Bonchev–Trinajstić information content (AvgIpc) is 3.16. The summed E-state index contributed by atoms with van der Waals surface area (Å²) in [5, 5.41) is 6.85. The van der Waals surface area contributed by atoms with Gasteiger partial charge in [0.05, 0.1) is 12.7 Å². The molecule has 21 heavy (non-hydrogen) atoms. The molecule has 0 aromatic heterocycles. The Hall–Kier alpha value is -0.810. The Bertz CT molecular complexity index is 298. The predicted molar refractivity (Wildman–Crippen MR) is 85.8 cm³/mol. The van der Waals surface area contributed by atoms with Gasteiger partial charge in [-0.05, 0) is 39.0 Å². The Morgan fingerprint density at radius 1 is 1.24 bits per heavy atom. The Kier molecular flexibility index (Phi) is 7.89. The number of nitrogens with zero attached hydrogens (tertiary/aromatic N) is 1. The third-order valence-electron chi connectivity index (χ3n) is 4.08. The molecule has 1 unspecified atom stereocenters. The van der Waals surface area contributed by atoms with Crippen LogP contribution in [0.15, 0.2) is 4.99 Å². The minimum Gasteiger partial charge on any atom is -0.379 e. The smallest absolute Gasteiger partial charge is 0.191 e. The standard InChI is InChI=1S/C16H31N3O2/c1-2-17-16(19-14-7-3-4-8-14)18-10-6-11-20-13-15-9-5-12-21-15/h14-15H,2-13H2,1H3,(H2,17,18,19). The summed E-state index contributed by atoms with van der Waals surface area (Å²) in [6, 6.07) is 0.610. The van der Waals surface area contributed by atoms with Gasteiger partial charge in [0.15, 0.2) is 5.96 Å². The molecule has 0 aromatic rings. The number of hydrogen-bond acceptors (Lipinski definition) is 3. The molecular weight excluding hydrogens is 266 g/mol. The molecule has 0 radical (unpaired) electrons. The van der Waals surface area contributed by atoms with Crippen molar-refractivity contribution in [3.8, 4) is 0 Å². The van der Waals surface area contributed by atoms with Crippen LogP contribution in [-0.2, 0) is 9.47 Å². The van der Waals surface area contributed by atoms with E-state index in [1.165, 1.54) is 32.1 Å². The van der Waals surface area contributed by atoms with Crippen LogP contribution in [0.25, 0.3) is 0 Å². The van der Waals surface area contributed by atoms with Crippen molar-refractivity contribution >= 4 is 5.96 Å². The average molecular weight is 297 g/mol. The van der Waals surface area contributed by atoms with E-state index in [1.807, 2.05) is 0 Å². The molecule has 1 aliphatic heterocycles. The minimum atomic E-state index is 0.329. The molecule has 1 saturated carbocycles. The first-order valence-corrected chi connectivity index (χ1v) is 8.62. The summed E-state index contributed by atoms with van der Waals surface area (Å²) in [6.07, 6.45) is 8.85. The first-order valence-electron chi connectivity index (χ1n) is 8.62. The van der Waals surface area contributed by atoms with Crippen molar-refractivity contribution in [3.63, 3.8) is 0 Å². The van der Waals surface area contributed by atoms with E-state index in [4.69, 9.17) is 9.47 Å². The summed E-state index contributed by atoms with van der Waals surface area (Å²) >= 11 is 0. The lowest BCUT2D eigenvalue weighted by Gasteiger charge is -2.16. The van der Waals surface area contributed by atoms with Crippen LogP contribution in [0.4, 0.5) is 0 Å². The van der Waals surface area contributed by atoms with Crippen molar-refractivity contribution in [2.75, 3.05) is 32.9 Å². The van der Waals surface area contributed by atoms with E-state index < -0.39 is 0 Å². The van der Waals surface area contributed by atoms with Gasteiger partial charge in [0, 0.05) is 32.3 Å². The molecule has 0 bridgehead atoms. The number of aliphatic imine (C=N–C) groups is 1. The molecule has 1 aliphatic carbocycles. The number of ether oxygens (including phenoxy) is 2. The van der Waals surface area contributed by atoms with Gasteiger partial charge in [0.2, 0.25) is 0 Å². The monoisotopic (exact) mass is 297 g/mol. The summed E-state index contributed by atoms with van der Waals surface area (Å²) in [4.78, 5) is 4.63. The minimum absolute atomic E-state index is 0.329. The highest BCUT2D eigenvalue weighted by molar-refractivity contribution is 5.80. The summed E-state index contributed by atoms with van der Waals surface area (Å²) in [6.45, 7) is 6.24. The van der Waals surface area contributed by atoms with Crippen molar-refractivity contribution in [1.29, 1.82) is 0 Å². The summed E-state index contributed by atoms with van der Waals surface area (Å²) in [5.74, 6) is 0.962. The van der Waals surface area contributed by atoms with Gasteiger partial charge in [-0.25, -0.2) is 0 Å². The topological polar surface area (TPSA) is 54.9 Å². The van der Waals surface area contributed by atoms with E-state index in [0.29, 0.717) is 12.1 Å². The third kappa shape index (κ3) is 6.66. The fourth-order valence-corrected chi connectivity index (χ4v) is 2.93. The first kappa shape index (κ1) is 16.6. The Morgan fingerprint density at radius 3 is 2.81 bits per heavy atom. The zero-order chi connectivity index (χ0) is 14.8. The molecule has 0 amide bonds. The lowest BCUT2D eigenvalue weighted by atomic mass is 10.2. The zero-order valence-corrected chi connectivity index (χ0v) is 13.4. The molecular formula is C16H31N3O2. The van der Waals surface area contributed by atoms with Gasteiger partial charge in [-0.15, -0.1) is 0 Å². The summed E-state index contributed by atoms with van der Waals surface area (Å²) in [5.41, 5.74) is 0. The van der Waals surface area contributed by atoms with Crippen molar-refractivity contribution in [2.45, 2.75) is 64.0 Å². The van der Waals surface area contributed by atoms with Crippen molar-refractivity contribution in [1.82, 2.24) is 10.6 Å². The van der Waals surface area contributed by atoms with Crippen molar-refractivity contribution < 1.29 is 9.47 Å². The Morgan fingerprint density at radius 2 is 2.10 bits per heavy atom. The fourth-order valence-electron chi connectivity index (χ4n) is 2.93. The molecule has 0 aromatic carbocycles. The van der Waals surface area contributed by atoms with Crippen LogP contribution in [-0.4, -0.2) is 51.0 Å². The van der Waals surface area contributed by atoms with E-state index in [1.54, 1.807) is 0 Å². The first-order chi connectivity index (χ1) is 10.4. The van der Waals surface area contributed by atoms with Gasteiger partial charge in [-0.2, -0.15) is 0 Å². The molecule has 1 heterocycles. The van der Waals surface area contributed by atoms with Crippen LogP contribution in [0, 0.1) is 0 Å². The summed E-state index contributed by atoms with van der Waals surface area (Å²) < 4.78 is 11.2. The molecule has 2 fully saturated rings. The fraction of sp³-hybridized carbons (Fsp3) is 0.938. The maximum atomic E-state index is 5.66. The molecule has 1 saturated heterocycles. The lowest BCUT2D eigenvalue weighted by molar-refractivity contribution is 0.0171. The quantitative estimate of drug-likeness (QED) is 0.409. The van der Waals surface area contributed by atoms with Crippen LogP contribution in [0.1, 0.15) is 51.9 Å². The van der Waals surface area contributed by atoms with Gasteiger partial charge < -0.3 is 20.1 Å². The molecule has 2 aliphatic rings. The highest BCUT2D eigenvalue weighted by Gasteiger charge is 2.16. The van der Waals surface area contributed by atoms with E-state index in [-0.39, 0.29) is 0 Å². The van der Waals surface area contributed by atoms with E-state index in [0.717, 1.165) is 51.7 Å². The second-order valence-corrected chi connectivity index (χ2v) is 5.95. The maximum Gasteiger partial charge on any atom is 0.191 e. The van der Waals surface area contributed by atoms with Crippen LogP contribution in [0.2, 0.25) is 0 Å². The van der Waals surface area contributed by atoms with E-state index in [2.05, 4.69) is 22.5 Å². The molecule has 122 valence electrons. The van der Waals surface area contributed by atoms with Crippen LogP contribution < -0.4 is 10.6 Å². The highest BCUT2D eigenvalue weighted by Crippen LogP contribution is 2.17. The molecule has 0 spiro atoms. The summed E-state index contributed by atoms with van der Waals surface area (Å²) in [7, 11) is 0. The van der Waals surface area contributed by atoms with Crippen molar-refractivity contribution in [3.05, 3.63) is 0 Å². The van der Waals surface area contributed by atoms with Crippen molar-refractivity contribution in [2.24, 2.45) is 4.99 Å². The van der Waals surface area contributed by atoms with E-state index >= 15 is 0 Å². The molecule has 2 rings (SSSR count).